The Morgan fingerprint density at radius 3 is 2.42 bits per heavy atom. The maximum absolute atomic E-state index is 12.8. The summed E-state index contributed by atoms with van der Waals surface area (Å²) in [5.41, 5.74) is 2.38. The second-order valence-corrected chi connectivity index (χ2v) is 6.26. The second-order valence-electron chi connectivity index (χ2n) is 5.82. The van der Waals surface area contributed by atoms with Gasteiger partial charge in [0, 0.05) is 10.7 Å². The maximum Gasteiger partial charge on any atom is 0.338 e. The Hall–Kier alpha value is -2.79. The highest BCUT2D eigenvalue weighted by molar-refractivity contribution is 6.30. The summed E-state index contributed by atoms with van der Waals surface area (Å²) in [6, 6.07) is 15.3. The predicted octanol–water partition coefficient (Wildman–Crippen LogP) is 4.45. The van der Waals surface area contributed by atoms with Gasteiger partial charge in [0.25, 0.3) is 0 Å². The number of halogens is 1. The minimum absolute atomic E-state index is 0.256. The summed E-state index contributed by atoms with van der Waals surface area (Å²) in [5.74, 6) is -0.446. The number of carbonyl (C=O) groups excluding carboxylic acids is 2. The van der Waals surface area contributed by atoms with Gasteiger partial charge >= 0.3 is 12.0 Å². The quantitative estimate of drug-likeness (QED) is 0.809. The van der Waals surface area contributed by atoms with E-state index in [1.807, 2.05) is 30.3 Å². The molecule has 0 fully saturated rings. The topological polar surface area (TPSA) is 58.6 Å². The number of urea groups is 1. The Morgan fingerprint density at radius 2 is 1.81 bits per heavy atom. The van der Waals surface area contributed by atoms with Gasteiger partial charge in [-0.1, -0.05) is 41.9 Å². The van der Waals surface area contributed by atoms with E-state index in [2.05, 4.69) is 5.32 Å². The SMILES string of the molecule is CCOC(=O)C1=C(C)N(c2ccc(Cl)cc2)C(=O)NC1c1ccccc1. The largest absolute Gasteiger partial charge is 0.463 e. The van der Waals surface area contributed by atoms with E-state index >= 15 is 0 Å². The van der Waals surface area contributed by atoms with Crippen LogP contribution in [0.2, 0.25) is 5.02 Å². The number of anilines is 1. The van der Waals surface area contributed by atoms with Crippen LogP contribution in [0.3, 0.4) is 0 Å². The normalized spacial score (nSPS) is 17.1. The third-order valence-corrected chi connectivity index (χ3v) is 4.45. The lowest BCUT2D eigenvalue weighted by molar-refractivity contribution is -0.139. The van der Waals surface area contributed by atoms with Crippen LogP contribution in [0.15, 0.2) is 65.9 Å². The molecule has 0 radical (unpaired) electrons. The number of ether oxygens (including phenoxy) is 1. The molecule has 1 N–H and O–H groups in total. The van der Waals surface area contributed by atoms with Crippen molar-refractivity contribution in [2.45, 2.75) is 19.9 Å². The highest BCUT2D eigenvalue weighted by Crippen LogP contribution is 2.34. The molecule has 0 aliphatic carbocycles. The highest BCUT2D eigenvalue weighted by Gasteiger charge is 2.37. The highest BCUT2D eigenvalue weighted by atomic mass is 35.5. The van der Waals surface area contributed by atoms with E-state index in [0.29, 0.717) is 22.0 Å². The molecule has 0 aromatic heterocycles. The van der Waals surface area contributed by atoms with Gasteiger partial charge < -0.3 is 10.1 Å². The Bertz CT molecular complexity index is 847. The van der Waals surface area contributed by atoms with Crippen LogP contribution in [0.4, 0.5) is 10.5 Å². The molecule has 0 saturated carbocycles. The first kappa shape index (κ1) is 18.0. The van der Waals surface area contributed by atoms with Crippen molar-refractivity contribution in [3.8, 4) is 0 Å². The van der Waals surface area contributed by atoms with Crippen LogP contribution in [0.25, 0.3) is 0 Å². The van der Waals surface area contributed by atoms with Gasteiger partial charge in [-0.05, 0) is 43.7 Å². The van der Waals surface area contributed by atoms with E-state index in [1.54, 1.807) is 38.1 Å². The van der Waals surface area contributed by atoms with E-state index in [0.717, 1.165) is 5.56 Å². The molecule has 5 nitrogen and oxygen atoms in total. The van der Waals surface area contributed by atoms with Gasteiger partial charge in [-0.15, -0.1) is 0 Å². The summed E-state index contributed by atoms with van der Waals surface area (Å²) < 4.78 is 5.25. The zero-order chi connectivity index (χ0) is 18.7. The number of rotatable bonds is 4. The summed E-state index contributed by atoms with van der Waals surface area (Å²) in [6.45, 7) is 3.76. The third kappa shape index (κ3) is 3.44. The Balaban J connectivity index is 2.11. The minimum atomic E-state index is -0.564. The smallest absolute Gasteiger partial charge is 0.338 e. The molecule has 2 aromatic carbocycles. The van der Waals surface area contributed by atoms with Gasteiger partial charge in [-0.2, -0.15) is 0 Å². The molecule has 1 aliphatic rings. The average Bonchev–Trinajstić information content (AvgIpc) is 2.63. The number of carbonyl (C=O) groups is 2. The van der Waals surface area contributed by atoms with Crippen LogP contribution < -0.4 is 10.2 Å². The van der Waals surface area contributed by atoms with Crippen molar-refractivity contribution in [3.63, 3.8) is 0 Å². The monoisotopic (exact) mass is 370 g/mol. The van der Waals surface area contributed by atoms with Gasteiger partial charge in [0.1, 0.15) is 0 Å². The number of nitrogens with one attached hydrogen (secondary N) is 1. The zero-order valence-electron chi connectivity index (χ0n) is 14.5. The lowest BCUT2D eigenvalue weighted by Gasteiger charge is -2.35. The van der Waals surface area contributed by atoms with Crippen molar-refractivity contribution >= 4 is 29.3 Å². The summed E-state index contributed by atoms with van der Waals surface area (Å²) in [7, 11) is 0. The molecule has 26 heavy (non-hydrogen) atoms. The van der Waals surface area contributed by atoms with Crippen molar-refractivity contribution < 1.29 is 14.3 Å². The summed E-state index contributed by atoms with van der Waals surface area (Å²) in [5, 5.41) is 3.48. The van der Waals surface area contributed by atoms with Crippen molar-refractivity contribution in [1.29, 1.82) is 0 Å². The molecule has 6 heteroatoms. The van der Waals surface area contributed by atoms with Gasteiger partial charge in [0.05, 0.1) is 23.9 Å². The standard InChI is InChI=1S/C20H19ClN2O3/c1-3-26-19(24)17-13(2)23(16-11-9-15(21)10-12-16)20(25)22-18(17)14-7-5-4-6-8-14/h4-12,18H,3H2,1-2H3,(H,22,25). The number of benzene rings is 2. The molecular formula is C20H19ClN2O3. The van der Waals surface area contributed by atoms with Gasteiger partial charge in [-0.25, -0.2) is 9.59 Å². The molecular weight excluding hydrogens is 352 g/mol. The van der Waals surface area contributed by atoms with Crippen LogP contribution in [0, 0.1) is 0 Å². The number of allylic oxidation sites excluding steroid dienone is 1. The number of amides is 2. The molecule has 0 bridgehead atoms. The van der Waals surface area contributed by atoms with Gasteiger partial charge in [0.15, 0.2) is 0 Å². The van der Waals surface area contributed by atoms with Crippen molar-refractivity contribution in [1.82, 2.24) is 5.32 Å². The Kier molecular flexibility index (Phi) is 5.28. The first-order chi connectivity index (χ1) is 12.5. The van der Waals surface area contributed by atoms with Crippen LogP contribution in [-0.2, 0) is 9.53 Å². The van der Waals surface area contributed by atoms with Crippen LogP contribution in [-0.4, -0.2) is 18.6 Å². The average molecular weight is 371 g/mol. The lowest BCUT2D eigenvalue weighted by Crippen LogP contribution is -2.48. The molecule has 3 rings (SSSR count). The van der Waals surface area contributed by atoms with Crippen molar-refractivity contribution in [3.05, 3.63) is 76.5 Å². The van der Waals surface area contributed by atoms with E-state index in [9.17, 15) is 9.59 Å². The summed E-state index contributed by atoms with van der Waals surface area (Å²) in [6.07, 6.45) is 0. The molecule has 1 atom stereocenters. The molecule has 2 aromatic rings. The predicted molar refractivity (Wildman–Crippen MR) is 101 cm³/mol. The van der Waals surface area contributed by atoms with Gasteiger partial charge in [-0.3, -0.25) is 4.90 Å². The number of esters is 1. The first-order valence-electron chi connectivity index (χ1n) is 8.32. The van der Waals surface area contributed by atoms with E-state index in [-0.39, 0.29) is 12.6 Å². The van der Waals surface area contributed by atoms with Crippen molar-refractivity contribution in [2.24, 2.45) is 0 Å². The van der Waals surface area contributed by atoms with E-state index in [4.69, 9.17) is 16.3 Å². The summed E-state index contributed by atoms with van der Waals surface area (Å²) in [4.78, 5) is 26.9. The Morgan fingerprint density at radius 1 is 1.15 bits per heavy atom. The molecule has 2 amide bonds. The van der Waals surface area contributed by atoms with Crippen LogP contribution in [0.5, 0.6) is 0 Å². The molecule has 1 heterocycles. The third-order valence-electron chi connectivity index (χ3n) is 4.20. The Labute approximate surface area is 157 Å². The molecule has 134 valence electrons. The fourth-order valence-corrected chi connectivity index (χ4v) is 3.14. The lowest BCUT2D eigenvalue weighted by atomic mass is 9.94. The summed E-state index contributed by atoms with van der Waals surface area (Å²) >= 11 is 5.94. The van der Waals surface area contributed by atoms with E-state index in [1.165, 1.54) is 4.90 Å². The fraction of sp³-hybridized carbons (Fsp3) is 0.200. The maximum atomic E-state index is 12.8. The molecule has 1 unspecified atom stereocenters. The number of nitrogens with zero attached hydrogens (tertiary/aromatic N) is 1. The molecule has 0 saturated heterocycles. The van der Waals surface area contributed by atoms with Gasteiger partial charge in [0.2, 0.25) is 0 Å². The number of hydrogen-bond acceptors (Lipinski definition) is 3. The fourth-order valence-electron chi connectivity index (χ4n) is 3.01. The van der Waals surface area contributed by atoms with E-state index < -0.39 is 12.0 Å². The van der Waals surface area contributed by atoms with Crippen LogP contribution >= 0.6 is 11.6 Å². The second kappa shape index (κ2) is 7.62. The first-order valence-corrected chi connectivity index (χ1v) is 8.69. The molecule has 0 spiro atoms. The van der Waals surface area contributed by atoms with Crippen molar-refractivity contribution in [2.75, 3.05) is 11.5 Å². The van der Waals surface area contributed by atoms with Crippen LogP contribution in [0.1, 0.15) is 25.5 Å². The number of hydrogen-bond donors (Lipinski definition) is 1. The minimum Gasteiger partial charge on any atom is -0.463 e. The molecule has 1 aliphatic heterocycles. The zero-order valence-corrected chi connectivity index (χ0v) is 15.3.